The van der Waals surface area contributed by atoms with E-state index in [0.29, 0.717) is 17.9 Å². The summed E-state index contributed by atoms with van der Waals surface area (Å²) in [7, 11) is -3.40. The van der Waals surface area contributed by atoms with Crippen molar-refractivity contribution in [3.05, 3.63) is 53.9 Å². The number of hydrogen-bond acceptors (Lipinski definition) is 2. The number of aryl methyl sites for hydroxylation is 1. The van der Waals surface area contributed by atoms with E-state index in [1.807, 2.05) is 31.5 Å². The second kappa shape index (κ2) is 5.37. The molecule has 0 fully saturated rings. The Morgan fingerprint density at radius 3 is 2.78 bits per heavy atom. The van der Waals surface area contributed by atoms with Gasteiger partial charge in [0.05, 0.1) is 4.90 Å². The van der Waals surface area contributed by atoms with Crippen molar-refractivity contribution in [2.24, 2.45) is 0 Å². The lowest BCUT2D eigenvalue weighted by molar-refractivity contribution is 0.581. The van der Waals surface area contributed by atoms with Gasteiger partial charge in [0.1, 0.15) is 0 Å². The molecule has 1 heterocycles. The predicted molar refractivity (Wildman–Crippen MR) is 70.9 cm³/mol. The van der Waals surface area contributed by atoms with Crippen molar-refractivity contribution in [1.82, 2.24) is 9.71 Å². The second-order valence-electron chi connectivity index (χ2n) is 4.18. The molecule has 0 aliphatic carbocycles. The monoisotopic (exact) mass is 264 g/mol. The number of rotatable bonds is 5. The lowest BCUT2D eigenvalue weighted by atomic mass is 10.2. The molecule has 1 aromatic carbocycles. The molecule has 2 aromatic rings. The molecule has 0 amide bonds. The molecule has 4 nitrogen and oxygen atoms in total. The van der Waals surface area contributed by atoms with Crippen LogP contribution in [0, 0.1) is 6.92 Å². The molecule has 0 aliphatic rings. The number of nitrogens with one attached hydrogen (secondary N) is 2. The third kappa shape index (κ3) is 3.21. The van der Waals surface area contributed by atoms with Gasteiger partial charge in [0.25, 0.3) is 0 Å². The smallest absolute Gasteiger partial charge is 0.240 e. The quantitative estimate of drug-likeness (QED) is 0.865. The minimum atomic E-state index is -3.40. The van der Waals surface area contributed by atoms with Crippen molar-refractivity contribution >= 4 is 10.0 Å². The Labute approximate surface area is 107 Å². The summed E-state index contributed by atoms with van der Waals surface area (Å²) in [5.41, 5.74) is 2.02. The van der Waals surface area contributed by atoms with E-state index in [4.69, 9.17) is 0 Å². The Morgan fingerprint density at radius 2 is 2.11 bits per heavy atom. The average molecular weight is 264 g/mol. The molecule has 0 bridgehead atoms. The summed E-state index contributed by atoms with van der Waals surface area (Å²) in [6.07, 6.45) is 4.36. The third-order valence-corrected chi connectivity index (χ3v) is 4.13. The highest BCUT2D eigenvalue weighted by atomic mass is 32.2. The topological polar surface area (TPSA) is 62.0 Å². The highest BCUT2D eigenvalue weighted by molar-refractivity contribution is 7.89. The largest absolute Gasteiger partial charge is 0.367 e. The molecular weight excluding hydrogens is 248 g/mol. The summed E-state index contributed by atoms with van der Waals surface area (Å²) in [4.78, 5) is 3.26. The molecule has 1 aromatic heterocycles. The summed E-state index contributed by atoms with van der Waals surface area (Å²) in [6.45, 7) is 2.27. The van der Waals surface area contributed by atoms with Gasteiger partial charge in [-0.3, -0.25) is 0 Å². The lowest BCUT2D eigenvalue weighted by Crippen LogP contribution is -2.25. The van der Waals surface area contributed by atoms with Crippen LogP contribution in [-0.4, -0.2) is 19.9 Å². The number of aromatic nitrogens is 1. The molecule has 2 N–H and O–H groups in total. The van der Waals surface area contributed by atoms with E-state index in [9.17, 15) is 8.42 Å². The normalized spacial score (nSPS) is 11.6. The molecule has 2 rings (SSSR count). The van der Waals surface area contributed by atoms with E-state index < -0.39 is 10.0 Å². The Morgan fingerprint density at radius 1 is 1.28 bits per heavy atom. The highest BCUT2D eigenvalue weighted by Gasteiger charge is 2.12. The molecule has 0 saturated carbocycles. The zero-order valence-electron chi connectivity index (χ0n) is 10.2. The van der Waals surface area contributed by atoms with Crippen LogP contribution in [0.15, 0.2) is 47.6 Å². The van der Waals surface area contributed by atoms with Gasteiger partial charge in [0.15, 0.2) is 0 Å². The van der Waals surface area contributed by atoms with E-state index in [1.165, 1.54) is 0 Å². The fourth-order valence-corrected chi connectivity index (χ4v) is 2.85. The summed E-state index contributed by atoms with van der Waals surface area (Å²) in [6, 6.07) is 8.82. The third-order valence-electron chi connectivity index (χ3n) is 2.67. The number of hydrogen-bond donors (Lipinski definition) is 2. The summed E-state index contributed by atoms with van der Waals surface area (Å²) in [5, 5.41) is 0. The van der Waals surface area contributed by atoms with Crippen molar-refractivity contribution in [3.63, 3.8) is 0 Å². The maximum atomic E-state index is 12.0. The lowest BCUT2D eigenvalue weighted by Gasteiger charge is -2.06. The van der Waals surface area contributed by atoms with Gasteiger partial charge >= 0.3 is 0 Å². The van der Waals surface area contributed by atoms with E-state index in [0.717, 1.165) is 11.1 Å². The average Bonchev–Trinajstić information content (AvgIpc) is 2.82. The summed E-state index contributed by atoms with van der Waals surface area (Å²) in [5.74, 6) is 0. The van der Waals surface area contributed by atoms with Crippen molar-refractivity contribution in [2.45, 2.75) is 18.2 Å². The highest BCUT2D eigenvalue weighted by Crippen LogP contribution is 2.10. The zero-order valence-corrected chi connectivity index (χ0v) is 11.0. The van der Waals surface area contributed by atoms with Gasteiger partial charge in [0, 0.05) is 18.9 Å². The van der Waals surface area contributed by atoms with Gasteiger partial charge in [-0.05, 0) is 42.7 Å². The SMILES string of the molecule is Cc1cccc(S(=O)(=O)NCCc2cc[nH]c2)c1. The molecule has 0 spiro atoms. The number of sulfonamides is 1. The van der Waals surface area contributed by atoms with Crippen LogP contribution >= 0.6 is 0 Å². The van der Waals surface area contributed by atoms with Gasteiger partial charge < -0.3 is 4.98 Å². The van der Waals surface area contributed by atoms with E-state index >= 15 is 0 Å². The molecule has 0 atom stereocenters. The fourth-order valence-electron chi connectivity index (χ4n) is 1.71. The van der Waals surface area contributed by atoms with Crippen molar-refractivity contribution < 1.29 is 8.42 Å². The molecule has 0 saturated heterocycles. The van der Waals surface area contributed by atoms with Crippen LogP contribution in [0.3, 0.4) is 0 Å². The van der Waals surface area contributed by atoms with Gasteiger partial charge in [-0.1, -0.05) is 12.1 Å². The maximum Gasteiger partial charge on any atom is 0.240 e. The van der Waals surface area contributed by atoms with Crippen LogP contribution in [-0.2, 0) is 16.4 Å². The van der Waals surface area contributed by atoms with E-state index in [2.05, 4.69) is 9.71 Å². The van der Waals surface area contributed by atoms with Crippen molar-refractivity contribution in [3.8, 4) is 0 Å². The Bertz CT molecular complexity index is 604. The summed E-state index contributed by atoms with van der Waals surface area (Å²) >= 11 is 0. The van der Waals surface area contributed by atoms with Gasteiger partial charge in [-0.2, -0.15) is 0 Å². The Hall–Kier alpha value is -1.59. The first-order chi connectivity index (χ1) is 8.58. The first kappa shape index (κ1) is 12.9. The molecule has 96 valence electrons. The van der Waals surface area contributed by atoms with E-state index in [-0.39, 0.29) is 0 Å². The van der Waals surface area contributed by atoms with Gasteiger partial charge in [0.2, 0.25) is 10.0 Å². The van der Waals surface area contributed by atoms with Crippen LogP contribution < -0.4 is 4.72 Å². The minimum Gasteiger partial charge on any atom is -0.367 e. The van der Waals surface area contributed by atoms with Crippen LogP contribution in [0.1, 0.15) is 11.1 Å². The minimum absolute atomic E-state index is 0.316. The first-order valence-corrected chi connectivity index (χ1v) is 7.24. The number of benzene rings is 1. The van der Waals surface area contributed by atoms with E-state index in [1.54, 1.807) is 18.2 Å². The molecule has 5 heteroatoms. The molecular formula is C13H16N2O2S. The number of H-pyrrole nitrogens is 1. The van der Waals surface area contributed by atoms with Crippen LogP contribution in [0.25, 0.3) is 0 Å². The number of aromatic amines is 1. The second-order valence-corrected chi connectivity index (χ2v) is 5.95. The van der Waals surface area contributed by atoms with Gasteiger partial charge in [-0.25, -0.2) is 13.1 Å². The van der Waals surface area contributed by atoms with Gasteiger partial charge in [-0.15, -0.1) is 0 Å². The predicted octanol–water partition coefficient (Wildman–Crippen LogP) is 1.84. The van der Waals surface area contributed by atoms with Crippen molar-refractivity contribution in [2.75, 3.05) is 6.54 Å². The van der Waals surface area contributed by atoms with Crippen LogP contribution in [0.2, 0.25) is 0 Å². The zero-order chi connectivity index (χ0) is 13.0. The molecule has 0 unspecified atom stereocenters. The van der Waals surface area contributed by atoms with Crippen LogP contribution in [0.5, 0.6) is 0 Å². The fraction of sp³-hybridized carbons (Fsp3) is 0.231. The standard InChI is InChI=1S/C13H16N2O2S/c1-11-3-2-4-13(9-11)18(16,17)15-8-6-12-5-7-14-10-12/h2-5,7,9-10,14-15H,6,8H2,1H3. The Kier molecular flexibility index (Phi) is 3.84. The molecule has 18 heavy (non-hydrogen) atoms. The van der Waals surface area contributed by atoms with Crippen molar-refractivity contribution in [1.29, 1.82) is 0 Å². The van der Waals surface area contributed by atoms with Crippen LogP contribution in [0.4, 0.5) is 0 Å². The maximum absolute atomic E-state index is 12.0. The molecule has 0 radical (unpaired) electrons. The Balaban J connectivity index is 1.99. The molecule has 0 aliphatic heterocycles. The summed E-state index contributed by atoms with van der Waals surface area (Å²) < 4.78 is 26.6. The first-order valence-electron chi connectivity index (χ1n) is 5.76.